The average Bonchev–Trinajstić information content (AvgIpc) is 3.40. The van der Waals surface area contributed by atoms with Gasteiger partial charge in [0.05, 0.1) is 12.0 Å². The SMILES string of the molecule is CC(C)(C)[Si](C)(C)n1ccc2cc(C3(Cc4ccccc4)CC(=O)N(Cc4ccccc4)C3=O)cnc21. The van der Waals surface area contributed by atoms with E-state index < -0.39 is 13.7 Å². The summed E-state index contributed by atoms with van der Waals surface area (Å²) in [6.07, 6.45) is 4.59. The number of carbonyl (C=O) groups is 2. The summed E-state index contributed by atoms with van der Waals surface area (Å²) in [5, 5.41) is 1.16. The van der Waals surface area contributed by atoms with E-state index in [4.69, 9.17) is 4.98 Å². The molecule has 2 aromatic heterocycles. The Hall–Kier alpha value is -3.51. The van der Waals surface area contributed by atoms with Gasteiger partial charge >= 0.3 is 0 Å². The first kappa shape index (κ1) is 25.1. The van der Waals surface area contributed by atoms with Crippen molar-refractivity contribution in [3.05, 3.63) is 102 Å². The molecule has 2 amide bonds. The van der Waals surface area contributed by atoms with Crippen molar-refractivity contribution < 1.29 is 9.59 Å². The number of benzene rings is 2. The van der Waals surface area contributed by atoms with Gasteiger partial charge in [0.25, 0.3) is 0 Å². The molecule has 1 unspecified atom stereocenters. The molecule has 190 valence electrons. The summed E-state index contributed by atoms with van der Waals surface area (Å²) < 4.78 is 2.36. The quantitative estimate of drug-likeness (QED) is 0.225. The van der Waals surface area contributed by atoms with Crippen LogP contribution in [-0.2, 0) is 28.0 Å². The number of nitrogens with zero attached hydrogens (tertiary/aromatic N) is 3. The van der Waals surface area contributed by atoms with Crippen LogP contribution in [0, 0.1) is 0 Å². The number of hydrogen-bond acceptors (Lipinski definition) is 3. The zero-order valence-electron chi connectivity index (χ0n) is 22.4. The molecule has 4 aromatic rings. The maximum Gasteiger partial charge on any atom is 0.241 e. The molecule has 2 aromatic carbocycles. The molecule has 0 aliphatic carbocycles. The normalized spacial score (nSPS) is 18.7. The van der Waals surface area contributed by atoms with E-state index in [1.165, 1.54) is 4.90 Å². The van der Waals surface area contributed by atoms with Crippen molar-refractivity contribution in [2.24, 2.45) is 0 Å². The van der Waals surface area contributed by atoms with Crippen molar-refractivity contribution in [1.82, 2.24) is 14.1 Å². The Balaban J connectivity index is 1.60. The summed E-state index contributed by atoms with van der Waals surface area (Å²) in [6.45, 7) is 11.9. The largest absolute Gasteiger partial charge is 0.359 e. The minimum absolute atomic E-state index is 0.135. The zero-order valence-corrected chi connectivity index (χ0v) is 23.4. The Morgan fingerprint density at radius 1 is 0.919 bits per heavy atom. The number of pyridine rings is 1. The third-order valence-electron chi connectivity index (χ3n) is 8.46. The summed E-state index contributed by atoms with van der Waals surface area (Å²) in [5.74, 6) is -0.279. The van der Waals surface area contributed by atoms with Crippen LogP contribution in [0.25, 0.3) is 11.0 Å². The Labute approximate surface area is 220 Å². The van der Waals surface area contributed by atoms with Gasteiger partial charge in [-0.1, -0.05) is 94.5 Å². The number of imide groups is 1. The van der Waals surface area contributed by atoms with Crippen molar-refractivity contribution in [1.29, 1.82) is 0 Å². The standard InChI is InChI=1S/C31H35N3O2Si/c1-30(2,3)37(4,5)34-17-16-25-18-26(21-32-28(25)34)31(19-23-12-8-6-9-13-23)20-27(35)33(29(31)36)22-24-14-10-7-11-15-24/h6-18,21H,19-20,22H2,1-5H3. The molecule has 0 radical (unpaired) electrons. The van der Waals surface area contributed by atoms with E-state index in [-0.39, 0.29) is 29.8 Å². The first-order valence-electron chi connectivity index (χ1n) is 12.9. The molecule has 5 rings (SSSR count). The predicted molar refractivity (Wildman–Crippen MR) is 151 cm³/mol. The van der Waals surface area contributed by atoms with Crippen LogP contribution in [0.15, 0.2) is 85.2 Å². The van der Waals surface area contributed by atoms with Gasteiger partial charge in [-0.3, -0.25) is 14.5 Å². The summed E-state index contributed by atoms with van der Waals surface area (Å²) >= 11 is 0. The molecule has 0 N–H and O–H groups in total. The molecule has 1 aliphatic rings. The predicted octanol–water partition coefficient (Wildman–Crippen LogP) is 6.33. The summed E-state index contributed by atoms with van der Waals surface area (Å²) in [5.41, 5.74) is 2.76. The maximum atomic E-state index is 14.2. The van der Waals surface area contributed by atoms with Gasteiger partial charge in [-0.05, 0) is 46.5 Å². The number of amides is 2. The molecule has 1 fully saturated rings. The maximum absolute atomic E-state index is 14.2. The Morgan fingerprint density at radius 2 is 1.54 bits per heavy atom. The highest BCUT2D eigenvalue weighted by molar-refractivity contribution is 6.79. The smallest absolute Gasteiger partial charge is 0.241 e. The summed E-state index contributed by atoms with van der Waals surface area (Å²) in [7, 11) is -1.88. The molecule has 1 aliphatic heterocycles. The average molecular weight is 510 g/mol. The second kappa shape index (κ2) is 9.10. The minimum Gasteiger partial charge on any atom is -0.359 e. The van der Waals surface area contributed by atoms with Gasteiger partial charge in [0.15, 0.2) is 8.24 Å². The Morgan fingerprint density at radius 3 is 2.16 bits per heavy atom. The molecule has 1 saturated heterocycles. The molecule has 0 saturated carbocycles. The number of aromatic nitrogens is 2. The molecule has 1 atom stereocenters. The highest BCUT2D eigenvalue weighted by Crippen LogP contribution is 2.42. The second-order valence-electron chi connectivity index (χ2n) is 11.8. The minimum atomic E-state index is -1.88. The summed E-state index contributed by atoms with van der Waals surface area (Å²) in [6, 6.07) is 23.9. The van der Waals surface area contributed by atoms with Crippen molar-refractivity contribution >= 4 is 31.1 Å². The lowest BCUT2D eigenvalue weighted by Crippen LogP contribution is -2.45. The third-order valence-corrected chi connectivity index (χ3v) is 13.7. The molecule has 5 nitrogen and oxygen atoms in total. The first-order valence-corrected chi connectivity index (χ1v) is 15.9. The van der Waals surface area contributed by atoms with Crippen molar-refractivity contribution in [3.63, 3.8) is 0 Å². The molecule has 0 spiro atoms. The zero-order chi connectivity index (χ0) is 26.4. The van der Waals surface area contributed by atoms with Gasteiger partial charge in [-0.2, -0.15) is 0 Å². The van der Waals surface area contributed by atoms with Crippen LogP contribution in [0.4, 0.5) is 0 Å². The molecular weight excluding hydrogens is 474 g/mol. The molecular formula is C31H35N3O2Si. The van der Waals surface area contributed by atoms with Crippen LogP contribution < -0.4 is 0 Å². The number of carbonyl (C=O) groups excluding carboxylic acids is 2. The van der Waals surface area contributed by atoms with Crippen molar-refractivity contribution in [3.8, 4) is 0 Å². The molecule has 3 heterocycles. The van der Waals surface area contributed by atoms with Crippen LogP contribution >= 0.6 is 0 Å². The topological polar surface area (TPSA) is 55.2 Å². The van der Waals surface area contributed by atoms with Gasteiger partial charge in [0.1, 0.15) is 5.65 Å². The summed E-state index contributed by atoms with van der Waals surface area (Å²) in [4.78, 5) is 33.9. The lowest BCUT2D eigenvalue weighted by atomic mass is 9.74. The van der Waals surface area contributed by atoms with E-state index in [1.54, 1.807) is 0 Å². The van der Waals surface area contributed by atoms with Crippen LogP contribution in [0.3, 0.4) is 0 Å². The third kappa shape index (κ3) is 4.33. The number of hydrogen-bond donors (Lipinski definition) is 0. The van der Waals surface area contributed by atoms with E-state index in [9.17, 15) is 9.59 Å². The van der Waals surface area contributed by atoms with E-state index in [0.717, 1.165) is 27.7 Å². The Bertz CT molecular complexity index is 1450. The van der Waals surface area contributed by atoms with E-state index in [2.05, 4.69) is 56.4 Å². The van der Waals surface area contributed by atoms with Crippen molar-refractivity contribution in [2.75, 3.05) is 0 Å². The fraction of sp³-hybridized carbons (Fsp3) is 0.323. The van der Waals surface area contributed by atoms with Gasteiger partial charge < -0.3 is 4.23 Å². The van der Waals surface area contributed by atoms with E-state index in [0.29, 0.717) is 6.42 Å². The lowest BCUT2D eigenvalue weighted by Gasteiger charge is -2.38. The van der Waals surface area contributed by atoms with Crippen LogP contribution in [0.5, 0.6) is 0 Å². The number of fused-ring (bicyclic) bond motifs is 1. The number of rotatable bonds is 6. The molecule has 0 bridgehead atoms. The fourth-order valence-electron chi connectivity index (χ4n) is 5.23. The fourth-order valence-corrected chi connectivity index (χ4v) is 7.12. The monoisotopic (exact) mass is 509 g/mol. The van der Waals surface area contributed by atoms with Crippen LogP contribution in [-0.4, -0.2) is 34.2 Å². The number of likely N-dealkylation sites (tertiary alicyclic amines) is 1. The van der Waals surface area contributed by atoms with Crippen LogP contribution in [0.1, 0.15) is 43.9 Å². The van der Waals surface area contributed by atoms with Gasteiger partial charge in [0.2, 0.25) is 11.8 Å². The lowest BCUT2D eigenvalue weighted by molar-refractivity contribution is -0.140. The van der Waals surface area contributed by atoms with Gasteiger partial charge in [-0.25, -0.2) is 4.98 Å². The van der Waals surface area contributed by atoms with E-state index in [1.807, 2.05) is 66.9 Å². The van der Waals surface area contributed by atoms with Crippen molar-refractivity contribution in [2.45, 2.75) is 63.7 Å². The molecule has 37 heavy (non-hydrogen) atoms. The van der Waals surface area contributed by atoms with Gasteiger partial charge in [-0.15, -0.1) is 0 Å². The van der Waals surface area contributed by atoms with Crippen LogP contribution in [0.2, 0.25) is 18.1 Å². The highest BCUT2D eigenvalue weighted by atomic mass is 28.3. The molecule has 6 heteroatoms. The second-order valence-corrected chi connectivity index (χ2v) is 16.9. The Kier molecular flexibility index (Phi) is 6.19. The van der Waals surface area contributed by atoms with Gasteiger partial charge in [0, 0.05) is 18.0 Å². The van der Waals surface area contributed by atoms with E-state index >= 15 is 0 Å². The highest BCUT2D eigenvalue weighted by Gasteiger charge is 2.53. The first-order chi connectivity index (χ1) is 17.5.